The molecule has 152 valence electrons. The third-order valence-electron chi connectivity index (χ3n) is 6.32. The van der Waals surface area contributed by atoms with E-state index in [1.807, 2.05) is 24.3 Å². The second-order valence-electron chi connectivity index (χ2n) is 8.53. The molecule has 2 aliphatic carbocycles. The molecule has 1 aromatic carbocycles. The zero-order valence-corrected chi connectivity index (χ0v) is 17.0. The maximum absolute atomic E-state index is 12.1. The van der Waals surface area contributed by atoms with E-state index >= 15 is 0 Å². The summed E-state index contributed by atoms with van der Waals surface area (Å²) in [6.07, 6.45) is 10.8. The van der Waals surface area contributed by atoms with Crippen molar-refractivity contribution in [3.05, 3.63) is 47.2 Å². The van der Waals surface area contributed by atoms with E-state index in [9.17, 15) is 9.59 Å². The van der Waals surface area contributed by atoms with Crippen LogP contribution in [-0.4, -0.2) is 16.8 Å². The Kier molecular flexibility index (Phi) is 5.65. The number of hydrogen-bond acceptors (Lipinski definition) is 3. The molecule has 2 aliphatic rings. The van der Waals surface area contributed by atoms with Gasteiger partial charge < -0.3 is 11.1 Å². The van der Waals surface area contributed by atoms with Gasteiger partial charge in [0.2, 0.25) is 11.8 Å². The third-order valence-corrected chi connectivity index (χ3v) is 6.32. The van der Waals surface area contributed by atoms with Gasteiger partial charge in [-0.05, 0) is 73.4 Å². The van der Waals surface area contributed by atoms with E-state index in [4.69, 9.17) is 5.73 Å². The molecule has 2 fully saturated rings. The fourth-order valence-electron chi connectivity index (χ4n) is 4.49. The second kappa shape index (κ2) is 8.36. The molecule has 5 nitrogen and oxygen atoms in total. The second-order valence-corrected chi connectivity index (χ2v) is 8.53. The standard InChI is InChI=1S/C24H29N3O2/c1-15-6-11-20(23(25)28)19(12-7-16-4-2-3-5-16)22(15)18-10-13-21(26-14-18)27-24(29)17-8-9-17/h6,10-11,13-14,16-17H,2-5,7-9,12H2,1H3,(H2,25,28)(H,26,27,29). The highest BCUT2D eigenvalue weighted by atomic mass is 16.2. The summed E-state index contributed by atoms with van der Waals surface area (Å²) < 4.78 is 0. The van der Waals surface area contributed by atoms with Crippen LogP contribution in [0, 0.1) is 18.8 Å². The lowest BCUT2D eigenvalue weighted by molar-refractivity contribution is -0.117. The summed E-state index contributed by atoms with van der Waals surface area (Å²) in [6, 6.07) is 7.62. The van der Waals surface area contributed by atoms with Crippen LogP contribution in [0.15, 0.2) is 30.5 Å². The van der Waals surface area contributed by atoms with Gasteiger partial charge in [0.05, 0.1) is 0 Å². The van der Waals surface area contributed by atoms with Gasteiger partial charge in [0, 0.05) is 23.2 Å². The molecule has 0 radical (unpaired) electrons. The summed E-state index contributed by atoms with van der Waals surface area (Å²) in [6.45, 7) is 2.06. The Morgan fingerprint density at radius 2 is 1.86 bits per heavy atom. The van der Waals surface area contributed by atoms with Crippen molar-refractivity contribution in [2.75, 3.05) is 5.32 Å². The van der Waals surface area contributed by atoms with Gasteiger partial charge in [0.25, 0.3) is 0 Å². The van der Waals surface area contributed by atoms with E-state index in [0.717, 1.165) is 53.9 Å². The van der Waals surface area contributed by atoms with Crippen LogP contribution in [0.5, 0.6) is 0 Å². The van der Waals surface area contributed by atoms with Crippen LogP contribution in [0.25, 0.3) is 11.1 Å². The molecule has 2 aromatic rings. The number of nitrogens with zero attached hydrogens (tertiary/aromatic N) is 1. The summed E-state index contributed by atoms with van der Waals surface area (Å²) in [5.74, 6) is 1.13. The van der Waals surface area contributed by atoms with Gasteiger partial charge in [0.15, 0.2) is 0 Å². The van der Waals surface area contributed by atoms with Crippen molar-refractivity contribution in [3.63, 3.8) is 0 Å². The average molecular weight is 392 g/mol. The number of nitrogens with one attached hydrogen (secondary N) is 1. The molecular formula is C24H29N3O2. The number of nitrogens with two attached hydrogens (primary N) is 1. The van der Waals surface area contributed by atoms with E-state index in [-0.39, 0.29) is 17.7 Å². The number of amides is 2. The van der Waals surface area contributed by atoms with Gasteiger partial charge in [-0.25, -0.2) is 4.98 Å². The van der Waals surface area contributed by atoms with Crippen molar-refractivity contribution in [2.45, 2.75) is 58.3 Å². The van der Waals surface area contributed by atoms with Crippen LogP contribution in [0.2, 0.25) is 0 Å². The van der Waals surface area contributed by atoms with Gasteiger partial charge in [-0.1, -0.05) is 31.7 Å². The Bertz CT molecular complexity index is 910. The average Bonchev–Trinajstić information content (AvgIpc) is 3.43. The van der Waals surface area contributed by atoms with E-state index in [0.29, 0.717) is 11.4 Å². The highest BCUT2D eigenvalue weighted by molar-refractivity contribution is 5.97. The minimum atomic E-state index is -0.381. The number of aryl methyl sites for hydroxylation is 1. The largest absolute Gasteiger partial charge is 0.366 e. The van der Waals surface area contributed by atoms with Gasteiger partial charge in [0.1, 0.15) is 5.82 Å². The molecule has 29 heavy (non-hydrogen) atoms. The molecule has 0 bridgehead atoms. The number of hydrogen-bond donors (Lipinski definition) is 2. The number of carbonyl (C=O) groups is 2. The number of carbonyl (C=O) groups excluding carboxylic acids is 2. The van der Waals surface area contributed by atoms with Crippen LogP contribution < -0.4 is 11.1 Å². The van der Waals surface area contributed by atoms with Crippen molar-refractivity contribution in [1.29, 1.82) is 0 Å². The maximum atomic E-state index is 12.1. The summed E-state index contributed by atoms with van der Waals surface area (Å²) in [7, 11) is 0. The molecule has 0 unspecified atom stereocenters. The summed E-state index contributed by atoms with van der Waals surface area (Å²) in [4.78, 5) is 28.5. The summed E-state index contributed by atoms with van der Waals surface area (Å²) in [5.41, 5.74) is 10.4. The highest BCUT2D eigenvalue weighted by Gasteiger charge is 2.29. The number of rotatable bonds is 7. The lowest BCUT2D eigenvalue weighted by atomic mass is 9.87. The number of primary amides is 1. The van der Waals surface area contributed by atoms with E-state index < -0.39 is 0 Å². The molecule has 0 spiro atoms. The Morgan fingerprint density at radius 3 is 2.48 bits per heavy atom. The lowest BCUT2D eigenvalue weighted by Crippen LogP contribution is -2.16. The molecule has 2 saturated carbocycles. The molecule has 2 amide bonds. The van der Waals surface area contributed by atoms with Crippen LogP contribution >= 0.6 is 0 Å². The topological polar surface area (TPSA) is 85.1 Å². The van der Waals surface area contributed by atoms with Crippen LogP contribution in [-0.2, 0) is 11.2 Å². The van der Waals surface area contributed by atoms with E-state index in [2.05, 4.69) is 17.2 Å². The predicted molar refractivity (Wildman–Crippen MR) is 115 cm³/mol. The van der Waals surface area contributed by atoms with Crippen molar-refractivity contribution < 1.29 is 9.59 Å². The molecule has 0 aliphatic heterocycles. The van der Waals surface area contributed by atoms with Crippen LogP contribution in [0.3, 0.4) is 0 Å². The highest BCUT2D eigenvalue weighted by Crippen LogP contribution is 2.35. The first kappa shape index (κ1) is 19.6. The molecule has 1 heterocycles. The van der Waals surface area contributed by atoms with Gasteiger partial charge in [-0.15, -0.1) is 0 Å². The number of aromatic nitrogens is 1. The van der Waals surface area contributed by atoms with E-state index in [1.165, 1.54) is 25.7 Å². The minimum absolute atomic E-state index is 0.0504. The van der Waals surface area contributed by atoms with Crippen molar-refractivity contribution in [2.24, 2.45) is 17.6 Å². The number of benzene rings is 1. The summed E-state index contributed by atoms with van der Waals surface area (Å²) in [5, 5.41) is 2.88. The fourth-order valence-corrected chi connectivity index (χ4v) is 4.49. The first-order valence-corrected chi connectivity index (χ1v) is 10.7. The molecule has 1 aromatic heterocycles. The SMILES string of the molecule is Cc1ccc(C(N)=O)c(CCC2CCCC2)c1-c1ccc(NC(=O)C2CC2)nc1. The number of pyridine rings is 1. The van der Waals surface area contributed by atoms with Crippen molar-refractivity contribution in [3.8, 4) is 11.1 Å². The molecule has 0 atom stereocenters. The Balaban J connectivity index is 1.62. The maximum Gasteiger partial charge on any atom is 0.248 e. The zero-order valence-electron chi connectivity index (χ0n) is 17.0. The summed E-state index contributed by atoms with van der Waals surface area (Å²) >= 11 is 0. The Morgan fingerprint density at radius 1 is 1.10 bits per heavy atom. The van der Waals surface area contributed by atoms with E-state index in [1.54, 1.807) is 6.20 Å². The van der Waals surface area contributed by atoms with Crippen LogP contribution in [0.1, 0.15) is 66.4 Å². The van der Waals surface area contributed by atoms with Crippen LogP contribution in [0.4, 0.5) is 5.82 Å². The molecule has 0 saturated heterocycles. The first-order valence-electron chi connectivity index (χ1n) is 10.7. The number of anilines is 1. The smallest absolute Gasteiger partial charge is 0.248 e. The normalized spacial score (nSPS) is 16.7. The Labute approximate surface area is 172 Å². The van der Waals surface area contributed by atoms with Gasteiger partial charge in [-0.2, -0.15) is 0 Å². The molecule has 5 heteroatoms. The lowest BCUT2D eigenvalue weighted by Gasteiger charge is -2.18. The van der Waals surface area contributed by atoms with Gasteiger partial charge >= 0.3 is 0 Å². The fraction of sp³-hybridized carbons (Fsp3) is 0.458. The quantitative estimate of drug-likeness (QED) is 0.722. The van der Waals surface area contributed by atoms with Crippen molar-refractivity contribution in [1.82, 2.24) is 4.98 Å². The predicted octanol–water partition coefficient (Wildman–Crippen LogP) is 4.63. The van der Waals surface area contributed by atoms with Crippen molar-refractivity contribution >= 4 is 17.6 Å². The minimum Gasteiger partial charge on any atom is -0.366 e. The monoisotopic (exact) mass is 391 g/mol. The van der Waals surface area contributed by atoms with Gasteiger partial charge in [-0.3, -0.25) is 9.59 Å². The first-order chi connectivity index (χ1) is 14.0. The molecular weight excluding hydrogens is 362 g/mol. The Hall–Kier alpha value is -2.69. The molecule has 3 N–H and O–H groups in total. The zero-order chi connectivity index (χ0) is 20.4. The third kappa shape index (κ3) is 4.50. The molecule has 4 rings (SSSR count).